The van der Waals surface area contributed by atoms with Crippen LogP contribution in [0.15, 0.2) is 57.7 Å². The van der Waals surface area contributed by atoms with Gasteiger partial charge in [-0.05, 0) is 42.8 Å². The second kappa shape index (κ2) is 9.07. The molecule has 3 amide bonds. The van der Waals surface area contributed by atoms with E-state index in [4.69, 9.17) is 0 Å². The quantitative estimate of drug-likeness (QED) is 0.485. The third kappa shape index (κ3) is 3.78. The molecule has 0 N–H and O–H groups in total. The summed E-state index contributed by atoms with van der Waals surface area (Å²) in [6.07, 6.45) is 3.08. The molecule has 3 aliphatic heterocycles. The van der Waals surface area contributed by atoms with E-state index in [1.54, 1.807) is 12.1 Å². The molecule has 6 rings (SSSR count). The first kappa shape index (κ1) is 22.8. The van der Waals surface area contributed by atoms with Crippen LogP contribution in [-0.4, -0.2) is 45.5 Å². The number of amides is 3. The highest BCUT2D eigenvalue weighted by molar-refractivity contribution is 8.00. The summed E-state index contributed by atoms with van der Waals surface area (Å²) < 4.78 is 1.53. The average molecular weight is 526 g/mol. The molecule has 2 saturated heterocycles. The summed E-state index contributed by atoms with van der Waals surface area (Å²) in [6, 6.07) is 12.9. The number of nitrogens with zero attached hydrogens (tertiary/aromatic N) is 3. The molecule has 35 heavy (non-hydrogen) atoms. The summed E-state index contributed by atoms with van der Waals surface area (Å²) in [5.74, 6) is -1.55. The van der Waals surface area contributed by atoms with E-state index in [-0.39, 0.29) is 35.1 Å². The Morgan fingerprint density at radius 1 is 0.943 bits per heavy atom. The van der Waals surface area contributed by atoms with Crippen LogP contribution < -0.4 is 9.77 Å². The van der Waals surface area contributed by atoms with E-state index < -0.39 is 11.2 Å². The van der Waals surface area contributed by atoms with Crippen LogP contribution in [0.1, 0.15) is 34.9 Å². The molecule has 5 heterocycles. The SMILES string of the molecule is O=C(Cn1c2c(sc1=O)[C@@H](c1cccs1)[C@@H]1C(=O)N(c3ccccc3)C(=O)[C@@H]1S2)N1CCCCC1. The molecular formula is C25H23N3O4S3. The molecule has 0 unspecified atom stereocenters. The number of thiophene rings is 1. The number of likely N-dealkylation sites (tertiary alicyclic amines) is 1. The Bertz CT molecular complexity index is 1340. The van der Waals surface area contributed by atoms with Crippen LogP contribution in [0.4, 0.5) is 5.69 Å². The summed E-state index contributed by atoms with van der Waals surface area (Å²) in [7, 11) is 0. The number of thioether (sulfide) groups is 1. The van der Waals surface area contributed by atoms with Gasteiger partial charge in [-0.2, -0.15) is 0 Å². The molecule has 10 heteroatoms. The Balaban J connectivity index is 1.41. The van der Waals surface area contributed by atoms with Gasteiger partial charge in [0.1, 0.15) is 11.8 Å². The number of fused-ring (bicyclic) bond motifs is 2. The fourth-order valence-corrected chi connectivity index (χ4v) is 8.96. The monoisotopic (exact) mass is 525 g/mol. The van der Waals surface area contributed by atoms with E-state index in [2.05, 4.69) is 0 Å². The molecule has 180 valence electrons. The third-order valence-corrected chi connectivity index (χ3v) is 10.5. The molecule has 0 saturated carbocycles. The molecule has 0 spiro atoms. The molecule has 3 aromatic rings. The molecule has 0 aliphatic carbocycles. The summed E-state index contributed by atoms with van der Waals surface area (Å²) in [4.78, 5) is 58.1. The lowest BCUT2D eigenvalue weighted by molar-refractivity contribution is -0.133. The molecule has 3 aliphatic rings. The van der Waals surface area contributed by atoms with Gasteiger partial charge in [-0.25, -0.2) is 4.90 Å². The van der Waals surface area contributed by atoms with E-state index in [1.807, 2.05) is 40.6 Å². The predicted molar refractivity (Wildman–Crippen MR) is 137 cm³/mol. The minimum absolute atomic E-state index is 0.0310. The van der Waals surface area contributed by atoms with Crippen molar-refractivity contribution >= 4 is 57.8 Å². The second-order valence-corrected chi connectivity index (χ2v) is 12.1. The van der Waals surface area contributed by atoms with Crippen LogP contribution in [0.25, 0.3) is 0 Å². The molecular weight excluding hydrogens is 502 g/mol. The Morgan fingerprint density at radius 3 is 2.43 bits per heavy atom. The Labute approximate surface area is 214 Å². The number of para-hydroxylation sites is 1. The first-order chi connectivity index (χ1) is 17.0. The first-order valence-corrected chi connectivity index (χ1v) is 14.3. The number of hydrogen-bond acceptors (Lipinski definition) is 7. The number of aromatic nitrogens is 1. The average Bonchev–Trinajstić information content (AvgIpc) is 3.58. The van der Waals surface area contributed by atoms with Crippen molar-refractivity contribution in [3.63, 3.8) is 0 Å². The normalized spacial score (nSPS) is 23.9. The minimum Gasteiger partial charge on any atom is -0.341 e. The molecule has 0 radical (unpaired) electrons. The number of hydrogen-bond donors (Lipinski definition) is 0. The topological polar surface area (TPSA) is 79.7 Å². The van der Waals surface area contributed by atoms with Gasteiger partial charge < -0.3 is 4.90 Å². The van der Waals surface area contributed by atoms with Crippen molar-refractivity contribution in [2.75, 3.05) is 18.0 Å². The van der Waals surface area contributed by atoms with Crippen LogP contribution in [0, 0.1) is 5.92 Å². The zero-order chi connectivity index (χ0) is 24.1. The largest absolute Gasteiger partial charge is 0.341 e. The maximum atomic E-state index is 13.7. The van der Waals surface area contributed by atoms with Gasteiger partial charge in [0.05, 0.1) is 16.6 Å². The number of thiazole rings is 1. The zero-order valence-corrected chi connectivity index (χ0v) is 21.2. The van der Waals surface area contributed by atoms with E-state index in [0.717, 1.165) is 40.4 Å². The van der Waals surface area contributed by atoms with Gasteiger partial charge in [0, 0.05) is 28.8 Å². The molecule has 2 aromatic heterocycles. The van der Waals surface area contributed by atoms with Crippen LogP contribution in [0.2, 0.25) is 0 Å². The van der Waals surface area contributed by atoms with Crippen molar-refractivity contribution in [2.45, 2.75) is 42.0 Å². The van der Waals surface area contributed by atoms with Crippen molar-refractivity contribution in [3.8, 4) is 0 Å². The zero-order valence-electron chi connectivity index (χ0n) is 18.8. The van der Waals surface area contributed by atoms with Gasteiger partial charge in [0.15, 0.2) is 0 Å². The van der Waals surface area contributed by atoms with Crippen molar-refractivity contribution in [3.05, 3.63) is 67.3 Å². The van der Waals surface area contributed by atoms with Gasteiger partial charge >= 0.3 is 4.87 Å². The molecule has 2 fully saturated rings. The van der Waals surface area contributed by atoms with Gasteiger partial charge in [-0.1, -0.05) is 47.4 Å². The Kier molecular flexibility index (Phi) is 5.90. The highest BCUT2D eigenvalue weighted by atomic mass is 32.2. The van der Waals surface area contributed by atoms with E-state index in [9.17, 15) is 19.2 Å². The number of imide groups is 1. The molecule has 0 bridgehead atoms. The molecule has 3 atom stereocenters. The van der Waals surface area contributed by atoms with E-state index in [0.29, 0.717) is 23.8 Å². The van der Waals surface area contributed by atoms with E-state index in [1.165, 1.54) is 32.6 Å². The maximum Gasteiger partial charge on any atom is 0.308 e. The van der Waals surface area contributed by atoms with Crippen molar-refractivity contribution < 1.29 is 14.4 Å². The van der Waals surface area contributed by atoms with Crippen LogP contribution in [0.5, 0.6) is 0 Å². The standard InChI is InChI=1S/C25H23N3O4S3/c29-17(26-11-5-2-6-12-26)14-27-24-21(35-25(27)32)18(16-10-7-13-33-16)19-20(34-24)23(31)28(22(19)30)15-8-3-1-4-9-15/h1,3-4,7-10,13,18-20H,2,5-6,11-12,14H2/t18-,19-,20+/m0/s1. The summed E-state index contributed by atoms with van der Waals surface area (Å²) in [5.41, 5.74) is 0.559. The Morgan fingerprint density at radius 2 is 1.71 bits per heavy atom. The van der Waals surface area contributed by atoms with Crippen LogP contribution >= 0.6 is 34.4 Å². The number of carbonyl (C=O) groups is 3. The first-order valence-electron chi connectivity index (χ1n) is 11.7. The fraction of sp³-hybridized carbons (Fsp3) is 0.360. The van der Waals surface area contributed by atoms with Gasteiger partial charge in [0.25, 0.3) is 0 Å². The third-order valence-electron chi connectivity index (χ3n) is 6.92. The van der Waals surface area contributed by atoms with Crippen molar-refractivity contribution in [2.24, 2.45) is 5.92 Å². The highest BCUT2D eigenvalue weighted by Crippen LogP contribution is 2.54. The predicted octanol–water partition coefficient (Wildman–Crippen LogP) is 3.78. The van der Waals surface area contributed by atoms with Gasteiger partial charge in [-0.15, -0.1) is 11.3 Å². The number of carbonyl (C=O) groups excluding carboxylic acids is 3. The lowest BCUT2D eigenvalue weighted by Gasteiger charge is -2.30. The van der Waals surface area contributed by atoms with Gasteiger partial charge in [0.2, 0.25) is 17.7 Å². The van der Waals surface area contributed by atoms with E-state index >= 15 is 0 Å². The van der Waals surface area contributed by atoms with Gasteiger partial charge in [-0.3, -0.25) is 23.7 Å². The summed E-state index contributed by atoms with van der Waals surface area (Å²) in [6.45, 7) is 1.40. The molecule has 7 nitrogen and oxygen atoms in total. The number of benzene rings is 1. The number of piperidine rings is 1. The lowest BCUT2D eigenvalue weighted by Crippen LogP contribution is -2.39. The molecule has 1 aromatic carbocycles. The van der Waals surface area contributed by atoms with Crippen molar-refractivity contribution in [1.82, 2.24) is 9.47 Å². The minimum atomic E-state index is -0.646. The van der Waals surface area contributed by atoms with Crippen LogP contribution in [0.3, 0.4) is 0 Å². The second-order valence-electron chi connectivity index (χ2n) is 8.97. The smallest absolute Gasteiger partial charge is 0.308 e. The fourth-order valence-electron chi connectivity index (χ4n) is 5.24. The summed E-state index contributed by atoms with van der Waals surface area (Å²) >= 11 is 3.89. The summed E-state index contributed by atoms with van der Waals surface area (Å²) in [5, 5.41) is 1.95. The van der Waals surface area contributed by atoms with Crippen molar-refractivity contribution in [1.29, 1.82) is 0 Å². The highest BCUT2D eigenvalue weighted by Gasteiger charge is 2.57. The lowest BCUT2D eigenvalue weighted by atomic mass is 9.87. The number of rotatable bonds is 4. The number of anilines is 1. The Hall–Kier alpha value is -2.69. The van der Waals surface area contributed by atoms with Crippen LogP contribution in [-0.2, 0) is 20.9 Å². The maximum absolute atomic E-state index is 13.7.